The Kier molecular flexibility index (Phi) is 5.98. The van der Waals surface area contributed by atoms with E-state index >= 15 is 0 Å². The predicted molar refractivity (Wildman–Crippen MR) is 116 cm³/mol. The van der Waals surface area contributed by atoms with Gasteiger partial charge in [0.15, 0.2) is 0 Å². The van der Waals surface area contributed by atoms with E-state index in [9.17, 15) is 9.59 Å². The van der Waals surface area contributed by atoms with Crippen molar-refractivity contribution in [1.82, 2.24) is 0 Å². The van der Waals surface area contributed by atoms with Crippen LogP contribution in [0.5, 0.6) is 0 Å². The zero-order valence-electron chi connectivity index (χ0n) is 16.8. The minimum Gasteiger partial charge on any atom is -0.443 e. The molecular weight excluding hydrogens is 364 g/mol. The van der Waals surface area contributed by atoms with Gasteiger partial charge in [-0.15, -0.1) is 0 Å². The topological polar surface area (TPSA) is 49.9 Å². The van der Waals surface area contributed by atoms with Gasteiger partial charge in [-0.05, 0) is 63.2 Å². The van der Waals surface area contributed by atoms with Crippen LogP contribution in [0.1, 0.15) is 20.8 Å². The van der Waals surface area contributed by atoms with Crippen LogP contribution in [0.4, 0.5) is 27.5 Å². The maximum absolute atomic E-state index is 13.0. The Hall–Kier alpha value is -3.60. The molecule has 29 heavy (non-hydrogen) atoms. The van der Waals surface area contributed by atoms with Crippen molar-refractivity contribution >= 4 is 35.3 Å². The third-order valence-electron chi connectivity index (χ3n) is 4.10. The standard InChI is InChI=1S/C24H24N2O3/c1-24(2,3)29-23(28)26(20-13-8-5-9-14-20)22-16-10-15-21(17-22)25(18-27)19-11-6-4-7-12-19/h4-18H,1-3H3. The van der Waals surface area contributed by atoms with Crippen LogP contribution in [0.2, 0.25) is 0 Å². The van der Waals surface area contributed by atoms with Crippen molar-refractivity contribution in [1.29, 1.82) is 0 Å². The fourth-order valence-electron chi connectivity index (χ4n) is 2.89. The molecule has 0 heterocycles. The molecule has 5 heteroatoms. The van der Waals surface area contributed by atoms with E-state index in [4.69, 9.17) is 4.74 Å². The van der Waals surface area contributed by atoms with Crippen molar-refractivity contribution in [3.05, 3.63) is 84.9 Å². The molecule has 0 aliphatic heterocycles. The minimum atomic E-state index is -0.638. The lowest BCUT2D eigenvalue weighted by molar-refractivity contribution is -0.106. The second kappa shape index (κ2) is 8.61. The smallest absolute Gasteiger partial charge is 0.419 e. The molecule has 3 aromatic rings. The number of anilines is 4. The molecular formula is C24H24N2O3. The number of nitrogens with zero attached hydrogens (tertiary/aromatic N) is 2. The maximum Gasteiger partial charge on any atom is 0.419 e. The summed E-state index contributed by atoms with van der Waals surface area (Å²) in [6.07, 6.45) is 0.271. The highest BCUT2D eigenvalue weighted by Gasteiger charge is 2.25. The SMILES string of the molecule is CC(C)(C)OC(=O)N(c1ccccc1)c1cccc(N(C=O)c2ccccc2)c1. The minimum absolute atomic E-state index is 0.488. The van der Waals surface area contributed by atoms with Gasteiger partial charge in [0.1, 0.15) is 5.60 Å². The molecule has 0 bridgehead atoms. The van der Waals surface area contributed by atoms with Gasteiger partial charge in [-0.2, -0.15) is 0 Å². The second-order valence-corrected chi connectivity index (χ2v) is 7.48. The average molecular weight is 388 g/mol. The number of carbonyl (C=O) groups is 2. The van der Waals surface area contributed by atoms with Gasteiger partial charge in [0, 0.05) is 5.69 Å². The van der Waals surface area contributed by atoms with Crippen molar-refractivity contribution in [2.24, 2.45) is 0 Å². The van der Waals surface area contributed by atoms with Crippen LogP contribution in [-0.4, -0.2) is 18.1 Å². The van der Waals surface area contributed by atoms with Crippen LogP contribution < -0.4 is 9.80 Å². The average Bonchev–Trinajstić information content (AvgIpc) is 2.69. The lowest BCUT2D eigenvalue weighted by Gasteiger charge is -2.28. The largest absolute Gasteiger partial charge is 0.443 e. The van der Waals surface area contributed by atoms with Crippen molar-refractivity contribution < 1.29 is 14.3 Å². The Labute approximate surface area is 171 Å². The molecule has 0 N–H and O–H groups in total. The molecule has 0 saturated heterocycles. The zero-order valence-corrected chi connectivity index (χ0v) is 16.8. The molecule has 0 fully saturated rings. The van der Waals surface area contributed by atoms with Crippen molar-refractivity contribution in [2.75, 3.05) is 9.80 Å². The molecule has 0 aliphatic carbocycles. The van der Waals surface area contributed by atoms with Crippen LogP contribution in [0, 0.1) is 0 Å². The monoisotopic (exact) mass is 388 g/mol. The van der Waals surface area contributed by atoms with Crippen molar-refractivity contribution in [3.8, 4) is 0 Å². The van der Waals surface area contributed by atoms with E-state index < -0.39 is 11.7 Å². The van der Waals surface area contributed by atoms with Crippen LogP contribution >= 0.6 is 0 Å². The lowest BCUT2D eigenvalue weighted by Crippen LogP contribution is -2.34. The number of benzene rings is 3. The van der Waals surface area contributed by atoms with E-state index in [1.165, 1.54) is 9.80 Å². The van der Waals surface area contributed by atoms with Gasteiger partial charge >= 0.3 is 6.09 Å². The highest BCUT2D eigenvalue weighted by Crippen LogP contribution is 2.32. The molecule has 0 atom stereocenters. The first-order valence-electron chi connectivity index (χ1n) is 9.37. The second-order valence-electron chi connectivity index (χ2n) is 7.48. The number of amides is 2. The summed E-state index contributed by atoms with van der Waals surface area (Å²) in [5.41, 5.74) is 2.03. The number of carbonyl (C=O) groups excluding carboxylic acids is 2. The quantitative estimate of drug-likeness (QED) is 0.500. The Morgan fingerprint density at radius 2 is 1.28 bits per heavy atom. The van der Waals surface area contributed by atoms with Crippen LogP contribution in [0.3, 0.4) is 0 Å². The lowest BCUT2D eigenvalue weighted by atomic mass is 10.2. The van der Waals surface area contributed by atoms with E-state index in [1.54, 1.807) is 6.07 Å². The van der Waals surface area contributed by atoms with E-state index in [-0.39, 0.29) is 0 Å². The maximum atomic E-state index is 13.0. The number of hydrogen-bond acceptors (Lipinski definition) is 3. The summed E-state index contributed by atoms with van der Waals surface area (Å²) in [5.74, 6) is 0. The zero-order chi connectivity index (χ0) is 20.9. The third kappa shape index (κ3) is 5.02. The van der Waals surface area contributed by atoms with E-state index in [1.807, 2.05) is 99.6 Å². The Morgan fingerprint density at radius 3 is 1.83 bits per heavy atom. The first-order valence-corrected chi connectivity index (χ1v) is 9.37. The molecule has 148 valence electrons. The third-order valence-corrected chi connectivity index (χ3v) is 4.10. The van der Waals surface area contributed by atoms with Crippen LogP contribution in [0.15, 0.2) is 84.9 Å². The van der Waals surface area contributed by atoms with Gasteiger partial charge in [0.2, 0.25) is 6.41 Å². The first-order chi connectivity index (χ1) is 13.9. The molecule has 0 aliphatic rings. The molecule has 5 nitrogen and oxygen atoms in total. The summed E-state index contributed by atoms with van der Waals surface area (Å²) in [6, 6.07) is 25.8. The van der Waals surface area contributed by atoms with Crippen molar-refractivity contribution in [3.63, 3.8) is 0 Å². The molecule has 0 spiro atoms. The summed E-state index contributed by atoms with van der Waals surface area (Å²) in [5, 5.41) is 0. The van der Waals surface area contributed by atoms with Crippen LogP contribution in [-0.2, 0) is 9.53 Å². The van der Waals surface area contributed by atoms with Gasteiger partial charge in [0.05, 0.1) is 17.1 Å². The van der Waals surface area contributed by atoms with Gasteiger partial charge in [0.25, 0.3) is 0 Å². The van der Waals surface area contributed by atoms with Gasteiger partial charge in [-0.3, -0.25) is 9.69 Å². The molecule has 3 aromatic carbocycles. The van der Waals surface area contributed by atoms with Gasteiger partial charge in [-0.25, -0.2) is 9.69 Å². The highest BCUT2D eigenvalue weighted by atomic mass is 16.6. The molecule has 0 aromatic heterocycles. The summed E-state index contributed by atoms with van der Waals surface area (Å²) in [6.45, 7) is 5.48. The number of rotatable bonds is 5. The van der Waals surface area contributed by atoms with E-state index in [0.29, 0.717) is 17.1 Å². The molecule has 0 radical (unpaired) electrons. The summed E-state index contributed by atoms with van der Waals surface area (Å²) in [7, 11) is 0. The number of para-hydroxylation sites is 2. The number of hydrogen-bond donors (Lipinski definition) is 0. The summed E-state index contributed by atoms with van der Waals surface area (Å²) >= 11 is 0. The normalized spacial score (nSPS) is 10.9. The molecule has 2 amide bonds. The van der Waals surface area contributed by atoms with Crippen molar-refractivity contribution in [2.45, 2.75) is 26.4 Å². The van der Waals surface area contributed by atoms with Crippen LogP contribution in [0.25, 0.3) is 0 Å². The van der Waals surface area contributed by atoms with Gasteiger partial charge in [-0.1, -0.05) is 42.5 Å². The molecule has 3 rings (SSSR count). The van der Waals surface area contributed by atoms with E-state index in [0.717, 1.165) is 12.1 Å². The Morgan fingerprint density at radius 1 is 0.759 bits per heavy atom. The summed E-state index contributed by atoms with van der Waals surface area (Å²) in [4.78, 5) is 27.8. The predicted octanol–water partition coefficient (Wildman–Crippen LogP) is 6.05. The highest BCUT2D eigenvalue weighted by molar-refractivity contribution is 5.97. The Bertz CT molecular complexity index is 966. The van der Waals surface area contributed by atoms with E-state index in [2.05, 4.69) is 0 Å². The fourth-order valence-corrected chi connectivity index (χ4v) is 2.89. The fraction of sp³-hybridized carbons (Fsp3) is 0.167. The molecule has 0 saturated carbocycles. The Balaban J connectivity index is 2.04. The summed E-state index contributed by atoms with van der Waals surface area (Å²) < 4.78 is 5.62. The number of ether oxygens (including phenoxy) is 1. The first kappa shape index (κ1) is 20.1. The molecule has 0 unspecified atom stereocenters. The van der Waals surface area contributed by atoms with Gasteiger partial charge < -0.3 is 4.74 Å².